The van der Waals surface area contributed by atoms with Crippen LogP contribution in [0.3, 0.4) is 0 Å². The number of rotatable bonds is 7. The minimum Gasteiger partial charge on any atom is -0.466 e. The van der Waals surface area contributed by atoms with Gasteiger partial charge in [0.25, 0.3) is 0 Å². The van der Waals surface area contributed by atoms with Crippen molar-refractivity contribution < 1.29 is 31.9 Å². The number of ether oxygens (including phenoxy) is 1. The van der Waals surface area contributed by atoms with Gasteiger partial charge in [0.1, 0.15) is 34.8 Å². The van der Waals surface area contributed by atoms with Crippen molar-refractivity contribution in [3.05, 3.63) is 76.6 Å². The summed E-state index contributed by atoms with van der Waals surface area (Å²) in [5.74, 6) is -5.81. The number of benzene rings is 2. The monoisotopic (exact) mass is 396 g/mol. The van der Waals surface area contributed by atoms with Crippen LogP contribution in [0.15, 0.2) is 42.2 Å². The van der Waals surface area contributed by atoms with Gasteiger partial charge in [0.15, 0.2) is 5.78 Å². The Bertz CT molecular complexity index is 922. The van der Waals surface area contributed by atoms with Gasteiger partial charge in [-0.25, -0.2) is 17.6 Å². The van der Waals surface area contributed by atoms with E-state index in [0.29, 0.717) is 6.07 Å². The van der Waals surface area contributed by atoms with Gasteiger partial charge < -0.3 is 15.8 Å². The highest BCUT2D eigenvalue weighted by atomic mass is 19.1. The highest BCUT2D eigenvalue weighted by Crippen LogP contribution is 2.22. The molecule has 0 radical (unpaired) electrons. The molecule has 2 rings (SSSR count). The average Bonchev–Trinajstić information content (AvgIpc) is 2.57. The first-order valence-corrected chi connectivity index (χ1v) is 8.02. The van der Waals surface area contributed by atoms with E-state index in [1.54, 1.807) is 0 Å². The van der Waals surface area contributed by atoms with E-state index in [0.717, 1.165) is 30.3 Å². The van der Waals surface area contributed by atoms with E-state index < -0.39 is 52.1 Å². The van der Waals surface area contributed by atoms with Crippen molar-refractivity contribution in [1.29, 1.82) is 0 Å². The van der Waals surface area contributed by atoms with Crippen molar-refractivity contribution >= 4 is 17.4 Å². The lowest BCUT2D eigenvalue weighted by Crippen LogP contribution is -2.15. The molecule has 0 fully saturated rings. The van der Waals surface area contributed by atoms with Gasteiger partial charge in [0.05, 0.1) is 12.2 Å². The number of allylic oxidation sites excluding steroid dienone is 1. The molecule has 0 bridgehead atoms. The smallest absolute Gasteiger partial charge is 0.302 e. The summed E-state index contributed by atoms with van der Waals surface area (Å²) >= 11 is 0. The summed E-state index contributed by atoms with van der Waals surface area (Å²) in [6.07, 6.45) is 0.825. The van der Waals surface area contributed by atoms with Crippen LogP contribution in [0.5, 0.6) is 0 Å². The SMILES string of the molecule is CC(=O)OCCc1cc(F)c(N/C(N)=C\C(=O)c2ccc(F)cc2F)c(F)c1. The van der Waals surface area contributed by atoms with Crippen molar-refractivity contribution in [3.63, 3.8) is 0 Å². The summed E-state index contributed by atoms with van der Waals surface area (Å²) in [6.45, 7) is 1.17. The average molecular weight is 396 g/mol. The molecular weight excluding hydrogens is 380 g/mol. The molecule has 0 amide bonds. The summed E-state index contributed by atoms with van der Waals surface area (Å²) < 4.78 is 59.5. The predicted molar refractivity (Wildman–Crippen MR) is 93.3 cm³/mol. The molecule has 0 saturated heterocycles. The van der Waals surface area contributed by atoms with Crippen molar-refractivity contribution in [2.75, 3.05) is 11.9 Å². The first-order chi connectivity index (χ1) is 13.2. The molecule has 0 spiro atoms. The molecule has 3 N–H and O–H groups in total. The first-order valence-electron chi connectivity index (χ1n) is 8.02. The Kier molecular flexibility index (Phi) is 6.75. The normalized spacial score (nSPS) is 11.2. The molecule has 0 aliphatic heterocycles. The van der Waals surface area contributed by atoms with Crippen LogP contribution >= 0.6 is 0 Å². The Hall–Kier alpha value is -3.36. The number of nitrogens with two attached hydrogens (primary N) is 1. The van der Waals surface area contributed by atoms with Crippen LogP contribution in [0.25, 0.3) is 0 Å². The van der Waals surface area contributed by atoms with E-state index in [2.05, 4.69) is 5.32 Å². The summed E-state index contributed by atoms with van der Waals surface area (Å²) in [5, 5.41) is 2.20. The lowest BCUT2D eigenvalue weighted by Gasteiger charge is -2.11. The topological polar surface area (TPSA) is 81.4 Å². The van der Waals surface area contributed by atoms with Crippen LogP contribution in [-0.4, -0.2) is 18.4 Å². The molecule has 0 aromatic heterocycles. The number of carbonyl (C=O) groups is 2. The van der Waals surface area contributed by atoms with Gasteiger partial charge >= 0.3 is 5.97 Å². The summed E-state index contributed by atoms with van der Waals surface area (Å²) in [7, 11) is 0. The molecule has 0 aliphatic carbocycles. The maximum atomic E-state index is 14.1. The highest BCUT2D eigenvalue weighted by molar-refractivity contribution is 6.05. The van der Waals surface area contributed by atoms with Crippen LogP contribution in [0.4, 0.5) is 23.2 Å². The Balaban J connectivity index is 2.14. The van der Waals surface area contributed by atoms with E-state index in [1.807, 2.05) is 0 Å². The van der Waals surface area contributed by atoms with E-state index in [4.69, 9.17) is 10.5 Å². The van der Waals surface area contributed by atoms with Gasteiger partial charge in [-0.05, 0) is 29.8 Å². The lowest BCUT2D eigenvalue weighted by molar-refractivity contribution is -0.140. The fourth-order valence-corrected chi connectivity index (χ4v) is 2.29. The van der Waals surface area contributed by atoms with Gasteiger partial charge in [-0.1, -0.05) is 0 Å². The number of anilines is 1. The number of hydrogen-bond donors (Lipinski definition) is 2. The fraction of sp³-hybridized carbons (Fsp3) is 0.158. The highest BCUT2D eigenvalue weighted by Gasteiger charge is 2.14. The Morgan fingerprint density at radius 1 is 1.07 bits per heavy atom. The molecule has 28 heavy (non-hydrogen) atoms. The molecular formula is C19H16F4N2O3. The second-order valence-electron chi connectivity index (χ2n) is 5.74. The number of hydrogen-bond acceptors (Lipinski definition) is 5. The third-order valence-electron chi connectivity index (χ3n) is 3.55. The fourth-order valence-electron chi connectivity index (χ4n) is 2.29. The number of ketones is 1. The molecule has 0 atom stereocenters. The van der Waals surface area contributed by atoms with Crippen LogP contribution in [0.2, 0.25) is 0 Å². The third-order valence-corrected chi connectivity index (χ3v) is 3.55. The van der Waals surface area contributed by atoms with Crippen LogP contribution in [0, 0.1) is 23.3 Å². The molecule has 2 aromatic rings. The predicted octanol–water partition coefficient (Wildman–Crippen LogP) is 3.44. The van der Waals surface area contributed by atoms with Crippen molar-refractivity contribution in [3.8, 4) is 0 Å². The quantitative estimate of drug-likeness (QED) is 0.324. The van der Waals surface area contributed by atoms with Crippen LogP contribution < -0.4 is 11.1 Å². The number of carbonyl (C=O) groups excluding carboxylic acids is 2. The molecule has 2 aromatic carbocycles. The Morgan fingerprint density at radius 3 is 2.29 bits per heavy atom. The van der Waals surface area contributed by atoms with Gasteiger partial charge in [0, 0.05) is 25.5 Å². The maximum Gasteiger partial charge on any atom is 0.302 e. The largest absolute Gasteiger partial charge is 0.466 e. The first kappa shape index (κ1) is 20.9. The van der Waals surface area contributed by atoms with Gasteiger partial charge in [0.2, 0.25) is 0 Å². The van der Waals surface area contributed by atoms with Gasteiger partial charge in [-0.3, -0.25) is 9.59 Å². The Morgan fingerprint density at radius 2 is 1.71 bits per heavy atom. The minimum absolute atomic E-state index is 0.0409. The van der Waals surface area contributed by atoms with Gasteiger partial charge in [-0.15, -0.1) is 0 Å². The summed E-state index contributed by atoms with van der Waals surface area (Å²) in [6, 6.07) is 4.38. The molecule has 148 valence electrons. The van der Waals surface area contributed by atoms with E-state index in [1.165, 1.54) is 6.92 Å². The van der Waals surface area contributed by atoms with E-state index in [-0.39, 0.29) is 18.6 Å². The number of halogens is 4. The third kappa shape index (κ3) is 5.57. The van der Waals surface area contributed by atoms with Crippen molar-refractivity contribution in [1.82, 2.24) is 0 Å². The zero-order valence-corrected chi connectivity index (χ0v) is 14.7. The van der Waals surface area contributed by atoms with Crippen LogP contribution in [0.1, 0.15) is 22.8 Å². The minimum atomic E-state index is -1.09. The van der Waals surface area contributed by atoms with Crippen molar-refractivity contribution in [2.24, 2.45) is 5.73 Å². The molecule has 0 heterocycles. The maximum absolute atomic E-state index is 14.1. The molecule has 0 saturated carbocycles. The van der Waals surface area contributed by atoms with E-state index >= 15 is 0 Å². The van der Waals surface area contributed by atoms with Crippen molar-refractivity contribution in [2.45, 2.75) is 13.3 Å². The number of nitrogens with one attached hydrogen (secondary N) is 1. The van der Waals surface area contributed by atoms with E-state index in [9.17, 15) is 27.2 Å². The standard InChI is InChI=1S/C19H16F4N2O3/c1-10(26)28-5-4-11-6-15(22)19(16(23)7-11)25-18(24)9-17(27)13-3-2-12(20)8-14(13)21/h2-3,6-9,25H,4-5,24H2,1H3/b18-9-. The zero-order valence-electron chi connectivity index (χ0n) is 14.7. The van der Waals surface area contributed by atoms with Crippen LogP contribution in [-0.2, 0) is 16.0 Å². The summed E-state index contributed by atoms with van der Waals surface area (Å²) in [4.78, 5) is 22.7. The second kappa shape index (κ2) is 9.03. The number of esters is 1. The zero-order chi connectivity index (χ0) is 20.8. The molecule has 5 nitrogen and oxygen atoms in total. The molecule has 9 heteroatoms. The molecule has 0 aliphatic rings. The Labute approximate surface area is 157 Å². The lowest BCUT2D eigenvalue weighted by atomic mass is 10.1. The summed E-state index contributed by atoms with van der Waals surface area (Å²) in [5.41, 5.74) is 4.73. The second-order valence-corrected chi connectivity index (χ2v) is 5.74. The molecule has 0 unspecified atom stereocenters. The van der Waals surface area contributed by atoms with Gasteiger partial charge in [-0.2, -0.15) is 0 Å².